The summed E-state index contributed by atoms with van der Waals surface area (Å²) in [5, 5.41) is 11.3. The molecule has 1 aromatic rings. The number of nitrogens with zero attached hydrogens (tertiary/aromatic N) is 1. The molecule has 7 heteroatoms. The molecule has 1 amide bonds. The molecule has 0 spiro atoms. The molecule has 2 heterocycles. The number of carbonyl (C=O) groups is 2. The minimum atomic E-state index is -1.06. The lowest BCUT2D eigenvalue weighted by Crippen LogP contribution is -2.39. The first kappa shape index (κ1) is 15.1. The number of aliphatic carboxylic acids is 1. The lowest BCUT2D eigenvalue weighted by atomic mass is 10.2. The quantitative estimate of drug-likeness (QED) is 0.759. The Labute approximate surface area is 121 Å². The van der Waals surface area contributed by atoms with Crippen molar-refractivity contribution in [1.82, 2.24) is 10.3 Å². The predicted octanol–water partition coefficient (Wildman–Crippen LogP) is 0.325. The van der Waals surface area contributed by atoms with E-state index in [9.17, 15) is 9.59 Å². The summed E-state index contributed by atoms with van der Waals surface area (Å²) in [5.74, 6) is -1.35. The molecular weight excluding hydrogens is 276 g/mol. The SMILES string of the molecule is O=C(O)C=Cc1cncc(C(=O)NCC2COCCO2)c1. The van der Waals surface area contributed by atoms with Crippen molar-refractivity contribution in [3.63, 3.8) is 0 Å². The highest BCUT2D eigenvalue weighted by atomic mass is 16.6. The van der Waals surface area contributed by atoms with Gasteiger partial charge in [0.2, 0.25) is 0 Å². The van der Waals surface area contributed by atoms with Crippen LogP contribution in [0, 0.1) is 0 Å². The van der Waals surface area contributed by atoms with Gasteiger partial charge < -0.3 is 19.9 Å². The Hall–Kier alpha value is -2.25. The number of carboxylic acids is 1. The zero-order chi connectivity index (χ0) is 15.1. The highest BCUT2D eigenvalue weighted by Gasteiger charge is 2.15. The van der Waals surface area contributed by atoms with E-state index in [1.807, 2.05) is 0 Å². The van der Waals surface area contributed by atoms with Crippen LogP contribution in [0.3, 0.4) is 0 Å². The number of ether oxygens (including phenoxy) is 2. The van der Waals surface area contributed by atoms with Crippen LogP contribution < -0.4 is 5.32 Å². The van der Waals surface area contributed by atoms with E-state index >= 15 is 0 Å². The topological polar surface area (TPSA) is 97.8 Å². The summed E-state index contributed by atoms with van der Waals surface area (Å²) in [6, 6.07) is 1.57. The molecule has 1 saturated heterocycles. The molecule has 1 unspecified atom stereocenters. The monoisotopic (exact) mass is 292 g/mol. The molecule has 7 nitrogen and oxygen atoms in total. The van der Waals surface area contributed by atoms with Gasteiger partial charge in [0, 0.05) is 25.0 Å². The van der Waals surface area contributed by atoms with Gasteiger partial charge in [0.25, 0.3) is 5.91 Å². The minimum Gasteiger partial charge on any atom is -0.478 e. The Morgan fingerprint density at radius 3 is 3.00 bits per heavy atom. The molecule has 2 rings (SSSR count). The first-order chi connectivity index (χ1) is 10.1. The molecule has 21 heavy (non-hydrogen) atoms. The van der Waals surface area contributed by atoms with Crippen LogP contribution in [0.4, 0.5) is 0 Å². The summed E-state index contributed by atoms with van der Waals surface area (Å²) in [7, 11) is 0. The summed E-state index contributed by atoms with van der Waals surface area (Å²) >= 11 is 0. The number of hydrogen-bond acceptors (Lipinski definition) is 5. The van der Waals surface area contributed by atoms with E-state index in [-0.39, 0.29) is 12.0 Å². The first-order valence-corrected chi connectivity index (χ1v) is 6.49. The second kappa shape index (κ2) is 7.51. The van der Waals surface area contributed by atoms with E-state index in [1.54, 1.807) is 6.07 Å². The van der Waals surface area contributed by atoms with Crippen molar-refractivity contribution in [1.29, 1.82) is 0 Å². The van der Waals surface area contributed by atoms with Gasteiger partial charge in [-0.25, -0.2) is 4.79 Å². The number of hydrogen-bond donors (Lipinski definition) is 2. The fraction of sp³-hybridized carbons (Fsp3) is 0.357. The van der Waals surface area contributed by atoms with Gasteiger partial charge in [-0.15, -0.1) is 0 Å². The third-order valence-electron chi connectivity index (χ3n) is 2.82. The number of nitrogens with one attached hydrogen (secondary N) is 1. The molecule has 0 saturated carbocycles. The van der Waals surface area contributed by atoms with Crippen molar-refractivity contribution in [2.75, 3.05) is 26.4 Å². The number of amides is 1. The molecule has 0 aliphatic carbocycles. The third kappa shape index (κ3) is 4.97. The Morgan fingerprint density at radius 2 is 2.29 bits per heavy atom. The van der Waals surface area contributed by atoms with E-state index < -0.39 is 5.97 Å². The van der Waals surface area contributed by atoms with Crippen molar-refractivity contribution in [3.05, 3.63) is 35.7 Å². The van der Waals surface area contributed by atoms with E-state index in [4.69, 9.17) is 14.6 Å². The first-order valence-electron chi connectivity index (χ1n) is 6.49. The van der Waals surface area contributed by atoms with Crippen LogP contribution in [-0.4, -0.2) is 54.4 Å². The average Bonchev–Trinajstić information content (AvgIpc) is 2.52. The largest absolute Gasteiger partial charge is 0.478 e. The van der Waals surface area contributed by atoms with Crippen LogP contribution >= 0.6 is 0 Å². The van der Waals surface area contributed by atoms with E-state index in [1.165, 1.54) is 18.5 Å². The molecule has 1 aromatic heterocycles. The predicted molar refractivity (Wildman–Crippen MR) is 73.8 cm³/mol. The zero-order valence-corrected chi connectivity index (χ0v) is 11.3. The summed E-state index contributed by atoms with van der Waals surface area (Å²) in [6.45, 7) is 1.91. The van der Waals surface area contributed by atoms with Crippen LogP contribution in [0.2, 0.25) is 0 Å². The summed E-state index contributed by atoms with van der Waals surface area (Å²) < 4.78 is 10.7. The van der Waals surface area contributed by atoms with Gasteiger partial charge in [-0.05, 0) is 17.7 Å². The Morgan fingerprint density at radius 1 is 1.43 bits per heavy atom. The smallest absolute Gasteiger partial charge is 0.328 e. The third-order valence-corrected chi connectivity index (χ3v) is 2.82. The standard InChI is InChI=1S/C14H16N2O5/c17-13(18)2-1-10-5-11(7-15-6-10)14(19)16-8-12-9-20-3-4-21-12/h1-2,5-7,12H,3-4,8-9H2,(H,16,19)(H,17,18). The lowest BCUT2D eigenvalue weighted by Gasteiger charge is -2.23. The maximum absolute atomic E-state index is 12.0. The highest BCUT2D eigenvalue weighted by Crippen LogP contribution is 2.06. The molecule has 112 valence electrons. The van der Waals surface area contributed by atoms with Gasteiger partial charge in [-0.3, -0.25) is 9.78 Å². The molecule has 0 radical (unpaired) electrons. The van der Waals surface area contributed by atoms with Crippen molar-refractivity contribution in [3.8, 4) is 0 Å². The fourth-order valence-corrected chi connectivity index (χ4v) is 1.80. The second-order valence-corrected chi connectivity index (χ2v) is 4.46. The number of rotatable bonds is 5. The fourth-order valence-electron chi connectivity index (χ4n) is 1.80. The van der Waals surface area contributed by atoms with Crippen molar-refractivity contribution < 1.29 is 24.2 Å². The maximum Gasteiger partial charge on any atom is 0.328 e. The van der Waals surface area contributed by atoms with Gasteiger partial charge >= 0.3 is 5.97 Å². The molecule has 0 aromatic carbocycles. The molecule has 1 fully saturated rings. The van der Waals surface area contributed by atoms with Crippen LogP contribution in [0.5, 0.6) is 0 Å². The average molecular weight is 292 g/mol. The summed E-state index contributed by atoms with van der Waals surface area (Å²) in [5.41, 5.74) is 0.904. The molecule has 1 atom stereocenters. The van der Waals surface area contributed by atoms with Crippen LogP contribution in [0.25, 0.3) is 6.08 Å². The number of aromatic nitrogens is 1. The van der Waals surface area contributed by atoms with Crippen LogP contribution in [0.15, 0.2) is 24.5 Å². The molecule has 2 N–H and O–H groups in total. The highest BCUT2D eigenvalue weighted by molar-refractivity contribution is 5.94. The molecule has 1 aliphatic heterocycles. The normalized spacial score (nSPS) is 18.6. The van der Waals surface area contributed by atoms with Gasteiger partial charge in [0.1, 0.15) is 0 Å². The Balaban J connectivity index is 1.92. The van der Waals surface area contributed by atoms with E-state index in [0.717, 1.165) is 6.08 Å². The molecular formula is C14H16N2O5. The zero-order valence-electron chi connectivity index (χ0n) is 11.3. The second-order valence-electron chi connectivity index (χ2n) is 4.46. The number of carboxylic acid groups (broad SMARTS) is 1. The maximum atomic E-state index is 12.0. The Bertz CT molecular complexity index is 538. The van der Waals surface area contributed by atoms with Crippen molar-refractivity contribution >= 4 is 18.0 Å². The minimum absolute atomic E-state index is 0.147. The van der Waals surface area contributed by atoms with Gasteiger partial charge in [-0.2, -0.15) is 0 Å². The van der Waals surface area contributed by atoms with Gasteiger partial charge in [0.05, 0.1) is 31.5 Å². The van der Waals surface area contributed by atoms with E-state index in [0.29, 0.717) is 37.5 Å². The van der Waals surface area contributed by atoms with Gasteiger partial charge in [-0.1, -0.05) is 0 Å². The van der Waals surface area contributed by atoms with E-state index in [2.05, 4.69) is 10.3 Å². The Kier molecular flexibility index (Phi) is 5.42. The molecule has 0 bridgehead atoms. The molecule has 1 aliphatic rings. The van der Waals surface area contributed by atoms with Crippen LogP contribution in [0.1, 0.15) is 15.9 Å². The number of pyridine rings is 1. The number of carbonyl (C=O) groups excluding carboxylic acids is 1. The summed E-state index contributed by atoms with van der Waals surface area (Å²) in [4.78, 5) is 26.4. The lowest BCUT2D eigenvalue weighted by molar-refractivity contribution is -0.131. The summed E-state index contributed by atoms with van der Waals surface area (Å²) in [6.07, 6.45) is 5.13. The van der Waals surface area contributed by atoms with Crippen LogP contribution in [-0.2, 0) is 14.3 Å². The van der Waals surface area contributed by atoms with Gasteiger partial charge in [0.15, 0.2) is 0 Å². The van der Waals surface area contributed by atoms with Crippen molar-refractivity contribution in [2.45, 2.75) is 6.10 Å². The van der Waals surface area contributed by atoms with Crippen molar-refractivity contribution in [2.24, 2.45) is 0 Å².